The van der Waals surface area contributed by atoms with Crippen molar-refractivity contribution in [2.45, 2.75) is 64.5 Å². The molecule has 0 aliphatic carbocycles. The molecule has 0 aromatic carbocycles. The van der Waals surface area contributed by atoms with Crippen LogP contribution >= 0.6 is 0 Å². The van der Waals surface area contributed by atoms with Crippen molar-refractivity contribution in [3.63, 3.8) is 0 Å². The van der Waals surface area contributed by atoms with E-state index in [1.807, 2.05) is 0 Å². The van der Waals surface area contributed by atoms with Crippen LogP contribution in [0.25, 0.3) is 0 Å². The summed E-state index contributed by atoms with van der Waals surface area (Å²) >= 11 is 0. The summed E-state index contributed by atoms with van der Waals surface area (Å²) in [6, 6.07) is 0. The number of nitrogens with one attached hydrogen (secondary N) is 1. The Morgan fingerprint density at radius 1 is 1.00 bits per heavy atom. The highest BCUT2D eigenvalue weighted by atomic mass is 19.4. The highest BCUT2D eigenvalue weighted by molar-refractivity contribution is 5.70. The van der Waals surface area contributed by atoms with Crippen molar-refractivity contribution in [3.05, 3.63) is 0 Å². The minimum atomic E-state index is -5.19. The van der Waals surface area contributed by atoms with Gasteiger partial charge in [-0.25, -0.2) is 0 Å². The average Bonchev–Trinajstić information content (AvgIpc) is 2.41. The van der Waals surface area contributed by atoms with Gasteiger partial charge in [-0.3, -0.25) is 0 Å². The van der Waals surface area contributed by atoms with E-state index >= 15 is 0 Å². The molecule has 0 spiro atoms. The van der Waals surface area contributed by atoms with E-state index in [-0.39, 0.29) is 0 Å². The first-order chi connectivity index (χ1) is 10.3. The van der Waals surface area contributed by atoms with E-state index in [1.165, 1.54) is 64.5 Å². The van der Waals surface area contributed by atoms with Crippen molar-refractivity contribution in [1.29, 1.82) is 0 Å². The quantitative estimate of drug-likeness (QED) is 0.531. The fourth-order valence-corrected chi connectivity index (χ4v) is 1.99. The van der Waals surface area contributed by atoms with Crippen molar-refractivity contribution in [2.24, 2.45) is 0 Å². The van der Waals surface area contributed by atoms with E-state index in [9.17, 15) is 13.2 Å². The second-order valence-electron chi connectivity index (χ2n) is 5.57. The monoisotopic (exact) mass is 329 g/mol. The Kier molecular flexibility index (Phi) is 16.1. The van der Waals surface area contributed by atoms with Gasteiger partial charge < -0.3 is 20.5 Å². The number of carbonyl (C=O) groups is 1. The second kappa shape index (κ2) is 15.1. The van der Waals surface area contributed by atoms with E-state index in [0.29, 0.717) is 0 Å². The number of carbonyl (C=O) groups excluding carboxylic acids is 1. The fraction of sp³-hybridized carbons (Fsp3) is 0.933. The average molecular weight is 329 g/mol. The molecule has 134 valence electrons. The summed E-state index contributed by atoms with van der Waals surface area (Å²) in [7, 11) is 2.28. The van der Waals surface area contributed by atoms with Crippen molar-refractivity contribution in [2.75, 3.05) is 26.7 Å². The van der Waals surface area contributed by atoms with Crippen LogP contribution in [-0.2, 0) is 4.79 Å². The Morgan fingerprint density at radius 3 is 1.77 bits per heavy atom. The minimum absolute atomic E-state index is 1.07. The minimum Gasteiger partial charge on any atom is -0.542 e. The van der Waals surface area contributed by atoms with Gasteiger partial charge in [-0.05, 0) is 12.8 Å². The molecule has 1 atom stereocenters. The van der Waals surface area contributed by atoms with Crippen molar-refractivity contribution >= 4 is 5.97 Å². The lowest BCUT2D eigenvalue weighted by Gasteiger charge is -2.11. The Bertz CT molecular complexity index is 262. The van der Waals surface area contributed by atoms with Crippen LogP contribution in [0.2, 0.25) is 0 Å². The Balaban J connectivity index is 0. The fourth-order valence-electron chi connectivity index (χ4n) is 1.99. The van der Waals surface area contributed by atoms with Gasteiger partial charge in [-0.15, -0.1) is 0 Å². The molecule has 0 aliphatic heterocycles. The SMILES string of the molecule is CCCCCCCCCC[NH+](C)CC[NH3+].O=C([O-])C(F)(F)F. The summed E-state index contributed by atoms with van der Waals surface area (Å²) < 4.78 is 31.5. The van der Waals surface area contributed by atoms with Gasteiger partial charge in [0.15, 0.2) is 0 Å². The van der Waals surface area contributed by atoms with Gasteiger partial charge in [0.1, 0.15) is 19.1 Å². The zero-order valence-electron chi connectivity index (χ0n) is 13.9. The lowest BCUT2D eigenvalue weighted by atomic mass is 10.1. The lowest BCUT2D eigenvalue weighted by molar-refractivity contribution is -0.885. The number of aliphatic carboxylic acids is 1. The maximum Gasteiger partial charge on any atom is 0.430 e. The summed E-state index contributed by atoms with van der Waals surface area (Å²) in [6.07, 6.45) is 6.23. The molecule has 0 radical (unpaired) electrons. The zero-order valence-corrected chi connectivity index (χ0v) is 13.9. The number of alkyl halides is 3. The number of carboxylic acids is 1. The molecule has 0 bridgehead atoms. The number of quaternary nitrogens is 2. The van der Waals surface area contributed by atoms with Crippen LogP contribution in [0.15, 0.2) is 0 Å². The molecule has 0 saturated heterocycles. The first-order valence-electron chi connectivity index (χ1n) is 8.14. The van der Waals surface area contributed by atoms with Crippen LogP contribution in [-0.4, -0.2) is 38.8 Å². The zero-order chi connectivity index (χ0) is 17.4. The topological polar surface area (TPSA) is 72.2 Å². The van der Waals surface area contributed by atoms with Crippen molar-refractivity contribution in [1.82, 2.24) is 0 Å². The third kappa shape index (κ3) is 19.2. The first kappa shape index (κ1) is 23.4. The Morgan fingerprint density at radius 2 is 1.41 bits per heavy atom. The highest BCUT2D eigenvalue weighted by Gasteiger charge is 2.28. The van der Waals surface area contributed by atoms with Gasteiger partial charge in [-0.1, -0.05) is 45.4 Å². The molecule has 22 heavy (non-hydrogen) atoms. The molecule has 0 amide bonds. The Hall–Kier alpha value is -0.820. The largest absolute Gasteiger partial charge is 0.542 e. The van der Waals surface area contributed by atoms with Crippen molar-refractivity contribution < 1.29 is 33.7 Å². The van der Waals surface area contributed by atoms with E-state index in [1.54, 1.807) is 4.90 Å². The van der Waals surface area contributed by atoms with E-state index < -0.39 is 12.1 Å². The molecule has 0 aliphatic rings. The second-order valence-corrected chi connectivity index (χ2v) is 5.57. The van der Waals surface area contributed by atoms with Crippen LogP contribution in [0.3, 0.4) is 0 Å². The number of halogens is 3. The normalized spacial score (nSPS) is 12.5. The van der Waals surface area contributed by atoms with Gasteiger partial charge in [0.25, 0.3) is 0 Å². The molecular formula is C15H32F3N2O2+. The summed E-state index contributed by atoms with van der Waals surface area (Å²) in [5, 5.41) is 8.78. The van der Waals surface area contributed by atoms with Gasteiger partial charge in [0.2, 0.25) is 0 Å². The molecule has 7 heteroatoms. The third-order valence-electron chi connectivity index (χ3n) is 3.29. The molecule has 0 saturated carbocycles. The predicted octanol–water partition coefficient (Wildman–Crippen LogP) is 0.182. The molecule has 0 heterocycles. The van der Waals surface area contributed by atoms with Gasteiger partial charge >= 0.3 is 6.18 Å². The molecule has 1 unspecified atom stereocenters. The number of carboxylic acid groups (broad SMARTS) is 1. The number of likely N-dealkylation sites (N-methyl/N-ethyl adjacent to an activating group) is 1. The standard InChI is InChI=1S/C13H30N2.C2HF3O2/c1-3-4-5-6-7-8-9-10-12-15(2)13-11-14;3-2(4,5)1(6)7/h3-14H2,1-2H3;(H,6,7)/p+1. The van der Waals surface area contributed by atoms with E-state index in [4.69, 9.17) is 9.90 Å². The molecular weight excluding hydrogens is 297 g/mol. The molecule has 0 rings (SSSR count). The third-order valence-corrected chi connectivity index (χ3v) is 3.29. The molecule has 0 aromatic rings. The van der Waals surface area contributed by atoms with E-state index in [0.717, 1.165) is 6.54 Å². The highest BCUT2D eigenvalue weighted by Crippen LogP contribution is 2.11. The smallest absolute Gasteiger partial charge is 0.430 e. The maximum atomic E-state index is 10.5. The van der Waals surface area contributed by atoms with Crippen LogP contribution in [0.4, 0.5) is 13.2 Å². The molecule has 0 fully saturated rings. The Labute approximate surface area is 131 Å². The van der Waals surface area contributed by atoms with Gasteiger partial charge in [0.05, 0.1) is 13.6 Å². The van der Waals surface area contributed by atoms with Crippen molar-refractivity contribution in [3.8, 4) is 0 Å². The van der Waals surface area contributed by atoms with Crippen LogP contribution in [0.1, 0.15) is 58.3 Å². The summed E-state index contributed by atoms with van der Waals surface area (Å²) in [4.78, 5) is 10.4. The maximum absolute atomic E-state index is 10.5. The van der Waals surface area contributed by atoms with Gasteiger partial charge in [0, 0.05) is 0 Å². The first-order valence-corrected chi connectivity index (χ1v) is 8.14. The molecule has 4 N–H and O–H groups in total. The number of hydrogen-bond donors (Lipinski definition) is 2. The summed E-state index contributed by atoms with van der Waals surface area (Å²) in [5.41, 5.74) is 3.89. The van der Waals surface area contributed by atoms with Crippen LogP contribution in [0.5, 0.6) is 0 Å². The summed E-state index contributed by atoms with van der Waals surface area (Å²) in [5.74, 6) is -3.01. The van der Waals surface area contributed by atoms with Crippen LogP contribution < -0.4 is 15.7 Å². The predicted molar refractivity (Wildman–Crippen MR) is 78.0 cm³/mol. The summed E-state index contributed by atoms with van der Waals surface area (Å²) in [6.45, 7) is 5.92. The molecule has 0 aromatic heterocycles. The van der Waals surface area contributed by atoms with Crippen LogP contribution in [0, 0.1) is 0 Å². The lowest BCUT2D eigenvalue weighted by Crippen LogP contribution is -3.10. The number of rotatable bonds is 11. The van der Waals surface area contributed by atoms with Gasteiger partial charge in [-0.2, -0.15) is 13.2 Å². The van der Waals surface area contributed by atoms with E-state index in [2.05, 4.69) is 19.7 Å². The number of unbranched alkanes of at least 4 members (excludes halogenated alkanes) is 7. The molecule has 4 nitrogen and oxygen atoms in total. The number of hydrogen-bond acceptors (Lipinski definition) is 2.